The van der Waals surface area contributed by atoms with E-state index >= 15 is 0 Å². The minimum Gasteiger partial charge on any atom is -0.492 e. The van der Waals surface area contributed by atoms with E-state index in [2.05, 4.69) is 16.0 Å². The van der Waals surface area contributed by atoms with Gasteiger partial charge in [0.15, 0.2) is 0 Å². The SMILES string of the molecule is Cc1cccc(OCCNC(=O)CNc2ccccc2C(=O)NC2CC2)c1. The zero-order valence-corrected chi connectivity index (χ0v) is 15.5. The average molecular weight is 367 g/mol. The highest BCUT2D eigenvalue weighted by Gasteiger charge is 2.24. The molecule has 1 fully saturated rings. The highest BCUT2D eigenvalue weighted by atomic mass is 16.5. The monoisotopic (exact) mass is 367 g/mol. The molecule has 1 saturated carbocycles. The van der Waals surface area contributed by atoms with Crippen LogP contribution in [0.3, 0.4) is 0 Å². The van der Waals surface area contributed by atoms with Gasteiger partial charge in [0.05, 0.1) is 18.7 Å². The molecule has 0 saturated heterocycles. The molecule has 3 rings (SSSR count). The Bertz CT molecular complexity index is 803. The molecule has 3 N–H and O–H groups in total. The Morgan fingerprint density at radius 3 is 2.70 bits per heavy atom. The standard InChI is InChI=1S/C21H25N3O3/c1-15-5-4-6-17(13-15)27-12-11-22-20(25)14-23-19-8-3-2-7-18(19)21(26)24-16-9-10-16/h2-8,13,16,23H,9-12,14H2,1H3,(H,22,25)(H,24,26). The summed E-state index contributed by atoms with van der Waals surface area (Å²) in [5.41, 5.74) is 2.34. The van der Waals surface area contributed by atoms with Crippen LogP contribution in [0.25, 0.3) is 0 Å². The van der Waals surface area contributed by atoms with Crippen LogP contribution in [-0.2, 0) is 4.79 Å². The number of anilines is 1. The predicted molar refractivity (Wildman–Crippen MR) is 105 cm³/mol. The van der Waals surface area contributed by atoms with E-state index in [1.165, 1.54) is 0 Å². The lowest BCUT2D eigenvalue weighted by atomic mass is 10.1. The number of carbonyl (C=O) groups excluding carboxylic acids is 2. The van der Waals surface area contributed by atoms with E-state index in [1.807, 2.05) is 43.3 Å². The molecule has 2 aromatic rings. The van der Waals surface area contributed by atoms with Crippen LogP contribution in [0.15, 0.2) is 48.5 Å². The average Bonchev–Trinajstić information content (AvgIpc) is 3.48. The van der Waals surface area contributed by atoms with Gasteiger partial charge in [-0.15, -0.1) is 0 Å². The first-order chi connectivity index (χ1) is 13.1. The number of carbonyl (C=O) groups is 2. The third kappa shape index (κ3) is 6.02. The van der Waals surface area contributed by atoms with Crippen molar-refractivity contribution in [2.24, 2.45) is 0 Å². The maximum atomic E-state index is 12.3. The van der Waals surface area contributed by atoms with Crippen LogP contribution in [0, 0.1) is 6.92 Å². The summed E-state index contributed by atoms with van der Waals surface area (Å²) < 4.78 is 5.61. The molecule has 6 heteroatoms. The van der Waals surface area contributed by atoms with Gasteiger partial charge in [-0.1, -0.05) is 24.3 Å². The van der Waals surface area contributed by atoms with Crippen LogP contribution >= 0.6 is 0 Å². The van der Waals surface area contributed by atoms with Crippen molar-refractivity contribution in [1.29, 1.82) is 0 Å². The van der Waals surface area contributed by atoms with Gasteiger partial charge in [-0.05, 0) is 49.6 Å². The normalized spacial score (nSPS) is 12.9. The third-order valence-electron chi connectivity index (χ3n) is 4.21. The smallest absolute Gasteiger partial charge is 0.253 e. The number of aryl methyl sites for hydroxylation is 1. The summed E-state index contributed by atoms with van der Waals surface area (Å²) in [6.45, 7) is 2.91. The number of para-hydroxylation sites is 1. The molecule has 0 aliphatic heterocycles. The molecule has 0 spiro atoms. The number of benzene rings is 2. The van der Waals surface area contributed by atoms with E-state index in [9.17, 15) is 9.59 Å². The molecule has 1 aliphatic carbocycles. The Balaban J connectivity index is 1.40. The lowest BCUT2D eigenvalue weighted by Crippen LogP contribution is -2.33. The molecule has 142 valence electrons. The minimum absolute atomic E-state index is 0.0954. The summed E-state index contributed by atoms with van der Waals surface area (Å²) in [6.07, 6.45) is 2.07. The maximum absolute atomic E-state index is 12.3. The molecule has 0 atom stereocenters. The van der Waals surface area contributed by atoms with Gasteiger partial charge in [-0.3, -0.25) is 9.59 Å². The van der Waals surface area contributed by atoms with Gasteiger partial charge in [-0.2, -0.15) is 0 Å². The maximum Gasteiger partial charge on any atom is 0.253 e. The van der Waals surface area contributed by atoms with Crippen molar-refractivity contribution >= 4 is 17.5 Å². The van der Waals surface area contributed by atoms with Crippen molar-refractivity contribution in [3.05, 3.63) is 59.7 Å². The summed E-state index contributed by atoms with van der Waals surface area (Å²) in [6, 6.07) is 15.3. The fourth-order valence-corrected chi connectivity index (χ4v) is 2.63. The molecule has 2 amide bonds. The molecule has 0 aromatic heterocycles. The Kier molecular flexibility index (Phi) is 6.30. The molecule has 6 nitrogen and oxygen atoms in total. The second kappa shape index (κ2) is 9.07. The van der Waals surface area contributed by atoms with Crippen LogP contribution in [0.5, 0.6) is 5.75 Å². The van der Waals surface area contributed by atoms with Gasteiger partial charge >= 0.3 is 0 Å². The summed E-state index contributed by atoms with van der Waals surface area (Å²) in [7, 11) is 0. The van der Waals surface area contributed by atoms with E-state index in [-0.39, 0.29) is 18.4 Å². The zero-order valence-electron chi connectivity index (χ0n) is 15.5. The quantitative estimate of drug-likeness (QED) is 0.595. The fourth-order valence-electron chi connectivity index (χ4n) is 2.63. The molecule has 2 aromatic carbocycles. The topological polar surface area (TPSA) is 79.5 Å². The lowest BCUT2D eigenvalue weighted by molar-refractivity contribution is -0.119. The van der Waals surface area contributed by atoms with Crippen molar-refractivity contribution in [2.45, 2.75) is 25.8 Å². The second-order valence-corrected chi connectivity index (χ2v) is 6.66. The first-order valence-corrected chi connectivity index (χ1v) is 9.22. The Morgan fingerprint density at radius 1 is 1.11 bits per heavy atom. The molecular weight excluding hydrogens is 342 g/mol. The van der Waals surface area contributed by atoms with Gasteiger partial charge in [0.1, 0.15) is 12.4 Å². The molecule has 1 aliphatic rings. The first kappa shape index (κ1) is 18.8. The van der Waals surface area contributed by atoms with Crippen LogP contribution in [0.1, 0.15) is 28.8 Å². The van der Waals surface area contributed by atoms with Crippen molar-refractivity contribution in [3.8, 4) is 5.75 Å². The number of rotatable bonds is 9. The highest BCUT2D eigenvalue weighted by Crippen LogP contribution is 2.21. The van der Waals surface area contributed by atoms with Gasteiger partial charge in [-0.25, -0.2) is 0 Å². The van der Waals surface area contributed by atoms with Gasteiger partial charge in [0.25, 0.3) is 5.91 Å². The summed E-state index contributed by atoms with van der Waals surface area (Å²) in [5.74, 6) is 0.533. The Hall–Kier alpha value is -3.02. The van der Waals surface area contributed by atoms with Crippen molar-refractivity contribution < 1.29 is 14.3 Å². The summed E-state index contributed by atoms with van der Waals surface area (Å²) >= 11 is 0. The zero-order chi connectivity index (χ0) is 19.1. The summed E-state index contributed by atoms with van der Waals surface area (Å²) in [4.78, 5) is 24.3. The molecule has 0 radical (unpaired) electrons. The van der Waals surface area contributed by atoms with Gasteiger partial charge in [0, 0.05) is 11.7 Å². The first-order valence-electron chi connectivity index (χ1n) is 9.22. The fraction of sp³-hybridized carbons (Fsp3) is 0.333. The molecule has 27 heavy (non-hydrogen) atoms. The van der Waals surface area contributed by atoms with Crippen LogP contribution in [0.4, 0.5) is 5.69 Å². The summed E-state index contributed by atoms with van der Waals surface area (Å²) in [5, 5.41) is 8.81. The van der Waals surface area contributed by atoms with E-state index in [1.54, 1.807) is 12.1 Å². The number of nitrogens with one attached hydrogen (secondary N) is 3. The lowest BCUT2D eigenvalue weighted by Gasteiger charge is -2.12. The molecular formula is C21H25N3O3. The Labute approximate surface area is 159 Å². The van der Waals surface area contributed by atoms with Crippen LogP contribution in [0.2, 0.25) is 0 Å². The second-order valence-electron chi connectivity index (χ2n) is 6.66. The Morgan fingerprint density at radius 2 is 1.93 bits per heavy atom. The van der Waals surface area contributed by atoms with Crippen LogP contribution < -0.4 is 20.7 Å². The van der Waals surface area contributed by atoms with Gasteiger partial charge < -0.3 is 20.7 Å². The van der Waals surface area contributed by atoms with Crippen molar-refractivity contribution in [3.63, 3.8) is 0 Å². The number of amides is 2. The third-order valence-corrected chi connectivity index (χ3v) is 4.21. The van der Waals surface area contributed by atoms with Crippen molar-refractivity contribution in [1.82, 2.24) is 10.6 Å². The number of hydrogen-bond acceptors (Lipinski definition) is 4. The minimum atomic E-state index is -0.153. The molecule has 0 heterocycles. The van der Waals surface area contributed by atoms with Crippen LogP contribution in [-0.4, -0.2) is 37.6 Å². The largest absolute Gasteiger partial charge is 0.492 e. The highest BCUT2D eigenvalue weighted by molar-refractivity contribution is 6.00. The van der Waals surface area contributed by atoms with E-state index in [0.29, 0.717) is 30.4 Å². The number of ether oxygens (including phenoxy) is 1. The van der Waals surface area contributed by atoms with Crippen molar-refractivity contribution in [2.75, 3.05) is 25.0 Å². The van der Waals surface area contributed by atoms with E-state index in [4.69, 9.17) is 4.74 Å². The predicted octanol–water partition coefficient (Wildman–Crippen LogP) is 2.49. The van der Waals surface area contributed by atoms with E-state index in [0.717, 1.165) is 24.2 Å². The van der Waals surface area contributed by atoms with Gasteiger partial charge in [0.2, 0.25) is 5.91 Å². The number of hydrogen-bond donors (Lipinski definition) is 3. The molecule has 0 bridgehead atoms. The van der Waals surface area contributed by atoms with E-state index < -0.39 is 0 Å². The molecule has 0 unspecified atom stereocenters.